The standard InChI is InChI=1S/C15H23NO/c1-4-14(3,17-5-2)12-7-6-8-13(11-12)15(16)9-10-15/h6-8,11H,4-5,9-10,16H2,1-3H3. The molecule has 2 heteroatoms. The van der Waals surface area contributed by atoms with E-state index in [2.05, 4.69) is 38.1 Å². The minimum absolute atomic E-state index is 0.0587. The minimum Gasteiger partial charge on any atom is -0.371 e. The fourth-order valence-corrected chi connectivity index (χ4v) is 2.29. The van der Waals surface area contributed by atoms with Crippen molar-refractivity contribution in [2.45, 2.75) is 51.2 Å². The van der Waals surface area contributed by atoms with E-state index in [1.807, 2.05) is 6.92 Å². The summed E-state index contributed by atoms with van der Waals surface area (Å²) < 4.78 is 5.91. The predicted molar refractivity (Wildman–Crippen MR) is 70.8 cm³/mol. The van der Waals surface area contributed by atoms with Crippen LogP contribution in [0.2, 0.25) is 0 Å². The molecule has 94 valence electrons. The average Bonchev–Trinajstić information content (AvgIpc) is 3.09. The lowest BCUT2D eigenvalue weighted by Gasteiger charge is -2.29. The van der Waals surface area contributed by atoms with Gasteiger partial charge in [0.1, 0.15) is 0 Å². The summed E-state index contributed by atoms with van der Waals surface area (Å²) in [5.74, 6) is 0. The van der Waals surface area contributed by atoms with Crippen LogP contribution in [0.3, 0.4) is 0 Å². The maximum absolute atomic E-state index is 6.25. The third-order valence-corrected chi connectivity index (χ3v) is 3.97. The van der Waals surface area contributed by atoms with Crippen LogP contribution in [-0.4, -0.2) is 6.61 Å². The van der Waals surface area contributed by atoms with E-state index in [1.54, 1.807) is 0 Å². The summed E-state index contributed by atoms with van der Waals surface area (Å²) in [6.45, 7) is 7.11. The van der Waals surface area contributed by atoms with Crippen molar-refractivity contribution in [3.05, 3.63) is 35.4 Å². The van der Waals surface area contributed by atoms with Gasteiger partial charge < -0.3 is 10.5 Å². The summed E-state index contributed by atoms with van der Waals surface area (Å²) in [4.78, 5) is 0. The molecule has 0 aliphatic heterocycles. The second-order valence-corrected chi connectivity index (χ2v) is 5.25. The van der Waals surface area contributed by atoms with Crippen LogP contribution < -0.4 is 5.73 Å². The zero-order valence-corrected chi connectivity index (χ0v) is 11.1. The first-order valence-electron chi connectivity index (χ1n) is 6.58. The van der Waals surface area contributed by atoms with Crippen molar-refractivity contribution in [2.24, 2.45) is 5.73 Å². The van der Waals surface area contributed by atoms with Gasteiger partial charge in [-0.15, -0.1) is 0 Å². The molecule has 1 aliphatic rings. The van der Waals surface area contributed by atoms with Crippen LogP contribution in [0.5, 0.6) is 0 Å². The monoisotopic (exact) mass is 233 g/mol. The Labute approximate surface area is 104 Å². The number of nitrogens with two attached hydrogens (primary N) is 1. The normalized spacial score (nSPS) is 20.9. The molecular formula is C15H23NO. The van der Waals surface area contributed by atoms with Gasteiger partial charge in [-0.05, 0) is 44.2 Å². The van der Waals surface area contributed by atoms with Crippen molar-refractivity contribution in [1.82, 2.24) is 0 Å². The largest absolute Gasteiger partial charge is 0.371 e. The van der Waals surface area contributed by atoms with Crippen molar-refractivity contribution in [3.63, 3.8) is 0 Å². The molecule has 0 spiro atoms. The van der Waals surface area contributed by atoms with E-state index in [4.69, 9.17) is 10.5 Å². The summed E-state index contributed by atoms with van der Waals surface area (Å²) >= 11 is 0. The Hall–Kier alpha value is -0.860. The van der Waals surface area contributed by atoms with E-state index in [9.17, 15) is 0 Å². The van der Waals surface area contributed by atoms with Crippen LogP contribution in [0, 0.1) is 0 Å². The predicted octanol–water partition coefficient (Wildman–Crippen LogP) is 3.30. The zero-order valence-electron chi connectivity index (χ0n) is 11.1. The fourth-order valence-electron chi connectivity index (χ4n) is 2.29. The zero-order chi connectivity index (χ0) is 12.5. The van der Waals surface area contributed by atoms with Gasteiger partial charge in [-0.3, -0.25) is 0 Å². The molecule has 1 aliphatic carbocycles. The lowest BCUT2D eigenvalue weighted by molar-refractivity contribution is -0.0324. The summed E-state index contributed by atoms with van der Waals surface area (Å²) in [6, 6.07) is 8.61. The van der Waals surface area contributed by atoms with Gasteiger partial charge in [0.25, 0.3) is 0 Å². The Morgan fingerprint density at radius 3 is 2.59 bits per heavy atom. The summed E-state index contributed by atoms with van der Waals surface area (Å²) in [7, 11) is 0. The number of benzene rings is 1. The van der Waals surface area contributed by atoms with Crippen molar-refractivity contribution in [3.8, 4) is 0 Å². The molecule has 0 saturated heterocycles. The molecule has 0 bridgehead atoms. The van der Waals surface area contributed by atoms with Gasteiger partial charge in [0.05, 0.1) is 5.60 Å². The molecule has 1 saturated carbocycles. The van der Waals surface area contributed by atoms with Gasteiger partial charge in [0, 0.05) is 12.1 Å². The third kappa shape index (κ3) is 2.38. The Balaban J connectivity index is 2.31. The van der Waals surface area contributed by atoms with E-state index in [-0.39, 0.29) is 11.1 Å². The lowest BCUT2D eigenvalue weighted by Crippen LogP contribution is -2.26. The molecule has 1 atom stereocenters. The van der Waals surface area contributed by atoms with E-state index in [0.717, 1.165) is 25.9 Å². The molecule has 1 aromatic carbocycles. The SMILES string of the molecule is CCOC(C)(CC)c1cccc(C2(N)CC2)c1. The van der Waals surface area contributed by atoms with Gasteiger partial charge in [0.15, 0.2) is 0 Å². The van der Waals surface area contributed by atoms with Gasteiger partial charge in [-0.2, -0.15) is 0 Å². The summed E-state index contributed by atoms with van der Waals surface area (Å²) in [5.41, 5.74) is 8.52. The average molecular weight is 233 g/mol. The minimum atomic E-state index is -0.185. The Bertz CT molecular complexity index is 398. The third-order valence-electron chi connectivity index (χ3n) is 3.97. The van der Waals surface area contributed by atoms with Crippen LogP contribution in [0.15, 0.2) is 24.3 Å². The van der Waals surface area contributed by atoms with Crippen LogP contribution in [0.1, 0.15) is 51.2 Å². The maximum Gasteiger partial charge on any atom is 0.0900 e. The summed E-state index contributed by atoms with van der Waals surface area (Å²) in [6.07, 6.45) is 3.18. The number of rotatable bonds is 5. The van der Waals surface area contributed by atoms with Crippen molar-refractivity contribution < 1.29 is 4.74 Å². The molecule has 2 nitrogen and oxygen atoms in total. The number of ether oxygens (including phenoxy) is 1. The van der Waals surface area contributed by atoms with E-state index in [0.29, 0.717) is 0 Å². The van der Waals surface area contributed by atoms with E-state index < -0.39 is 0 Å². The molecule has 1 aromatic rings. The number of hydrogen-bond acceptors (Lipinski definition) is 2. The summed E-state index contributed by atoms with van der Waals surface area (Å²) in [5, 5.41) is 0. The molecule has 0 aromatic heterocycles. The highest BCUT2D eigenvalue weighted by Gasteiger charge is 2.40. The van der Waals surface area contributed by atoms with E-state index in [1.165, 1.54) is 11.1 Å². The maximum atomic E-state index is 6.25. The Morgan fingerprint density at radius 2 is 2.06 bits per heavy atom. The second-order valence-electron chi connectivity index (χ2n) is 5.25. The van der Waals surface area contributed by atoms with Crippen molar-refractivity contribution in [2.75, 3.05) is 6.61 Å². The molecule has 1 fully saturated rings. The fraction of sp³-hybridized carbons (Fsp3) is 0.600. The van der Waals surface area contributed by atoms with Crippen molar-refractivity contribution in [1.29, 1.82) is 0 Å². The van der Waals surface area contributed by atoms with Gasteiger partial charge in [0.2, 0.25) is 0 Å². The highest BCUT2D eigenvalue weighted by Crippen LogP contribution is 2.43. The highest BCUT2D eigenvalue weighted by atomic mass is 16.5. The molecule has 17 heavy (non-hydrogen) atoms. The molecular weight excluding hydrogens is 210 g/mol. The Kier molecular flexibility index (Phi) is 3.28. The first kappa shape index (κ1) is 12.6. The lowest BCUT2D eigenvalue weighted by atomic mass is 9.90. The molecule has 2 rings (SSSR count). The van der Waals surface area contributed by atoms with Gasteiger partial charge in [-0.25, -0.2) is 0 Å². The van der Waals surface area contributed by atoms with Gasteiger partial charge >= 0.3 is 0 Å². The number of hydrogen-bond donors (Lipinski definition) is 1. The first-order valence-corrected chi connectivity index (χ1v) is 6.58. The van der Waals surface area contributed by atoms with Crippen LogP contribution in [0.25, 0.3) is 0 Å². The molecule has 0 radical (unpaired) electrons. The quantitative estimate of drug-likeness (QED) is 0.847. The molecule has 0 heterocycles. The second kappa shape index (κ2) is 4.43. The molecule has 0 amide bonds. The first-order chi connectivity index (χ1) is 8.04. The smallest absolute Gasteiger partial charge is 0.0900 e. The van der Waals surface area contributed by atoms with E-state index >= 15 is 0 Å². The Morgan fingerprint density at radius 1 is 1.35 bits per heavy atom. The highest BCUT2D eigenvalue weighted by molar-refractivity contribution is 5.35. The molecule has 1 unspecified atom stereocenters. The van der Waals surface area contributed by atoms with Gasteiger partial charge in [-0.1, -0.05) is 31.2 Å². The van der Waals surface area contributed by atoms with Crippen LogP contribution in [-0.2, 0) is 15.9 Å². The van der Waals surface area contributed by atoms with Crippen LogP contribution in [0.4, 0.5) is 0 Å². The van der Waals surface area contributed by atoms with Crippen LogP contribution >= 0.6 is 0 Å². The molecule has 2 N–H and O–H groups in total. The topological polar surface area (TPSA) is 35.2 Å². The van der Waals surface area contributed by atoms with Crippen molar-refractivity contribution >= 4 is 0 Å².